The second kappa shape index (κ2) is 8.39. The summed E-state index contributed by atoms with van der Waals surface area (Å²) in [6.45, 7) is 0. The third-order valence-corrected chi connectivity index (χ3v) is 5.84. The molecular formula is C30H24. The van der Waals surface area contributed by atoms with Crippen molar-refractivity contribution in [1.82, 2.24) is 0 Å². The molecule has 0 saturated heterocycles. The molecule has 0 aliphatic heterocycles. The average Bonchev–Trinajstić information content (AvgIpc) is 3.26. The standard InChI is InChI=1S/C30H24/c1-5-13-23(14-6-1)27-21-22-28(30(27)26-19-11-4-12-20-26)29(24-15-7-2-8-16-24)25-17-9-3-10-18-25/h1-20H,21-22H2. The maximum absolute atomic E-state index is 2.25. The largest absolute Gasteiger partial charge is 0.0622 e. The van der Waals surface area contributed by atoms with Gasteiger partial charge < -0.3 is 0 Å². The quantitative estimate of drug-likeness (QED) is 0.335. The van der Waals surface area contributed by atoms with Gasteiger partial charge in [-0.25, -0.2) is 0 Å². The number of hydrogen-bond donors (Lipinski definition) is 0. The molecule has 0 bridgehead atoms. The first-order valence-electron chi connectivity index (χ1n) is 10.6. The number of hydrogen-bond acceptors (Lipinski definition) is 0. The summed E-state index contributed by atoms with van der Waals surface area (Å²) in [7, 11) is 0. The minimum absolute atomic E-state index is 1.05. The lowest BCUT2D eigenvalue weighted by Gasteiger charge is -2.17. The molecule has 1 aliphatic carbocycles. The molecule has 0 nitrogen and oxygen atoms in total. The molecule has 0 heteroatoms. The molecular weight excluding hydrogens is 360 g/mol. The average molecular weight is 385 g/mol. The van der Waals surface area contributed by atoms with E-state index in [9.17, 15) is 0 Å². The van der Waals surface area contributed by atoms with Gasteiger partial charge in [-0.15, -0.1) is 0 Å². The predicted molar refractivity (Wildman–Crippen MR) is 128 cm³/mol. The second-order valence-electron chi connectivity index (χ2n) is 7.67. The molecule has 4 aromatic rings. The van der Waals surface area contributed by atoms with Gasteiger partial charge >= 0.3 is 0 Å². The Morgan fingerprint density at radius 2 is 0.867 bits per heavy atom. The fourth-order valence-electron chi connectivity index (χ4n) is 4.54. The summed E-state index contributed by atoms with van der Waals surface area (Å²) in [5.41, 5.74) is 10.8. The molecule has 0 radical (unpaired) electrons. The van der Waals surface area contributed by atoms with Gasteiger partial charge in [0.25, 0.3) is 0 Å². The highest BCUT2D eigenvalue weighted by Gasteiger charge is 2.26. The monoisotopic (exact) mass is 384 g/mol. The summed E-state index contributed by atoms with van der Waals surface area (Å²) < 4.78 is 0. The van der Waals surface area contributed by atoms with E-state index in [1.807, 2.05) is 0 Å². The van der Waals surface area contributed by atoms with Gasteiger partial charge in [0, 0.05) is 0 Å². The normalized spacial score (nSPS) is 13.5. The van der Waals surface area contributed by atoms with Crippen LogP contribution in [0.25, 0.3) is 16.7 Å². The van der Waals surface area contributed by atoms with Crippen molar-refractivity contribution >= 4 is 16.7 Å². The lowest BCUT2D eigenvalue weighted by Crippen LogP contribution is -1.96. The van der Waals surface area contributed by atoms with Gasteiger partial charge in [-0.1, -0.05) is 121 Å². The van der Waals surface area contributed by atoms with Crippen LogP contribution >= 0.6 is 0 Å². The van der Waals surface area contributed by atoms with Gasteiger partial charge in [0.05, 0.1) is 0 Å². The van der Waals surface area contributed by atoms with E-state index in [-0.39, 0.29) is 0 Å². The van der Waals surface area contributed by atoms with E-state index in [0.717, 1.165) is 12.8 Å². The second-order valence-corrected chi connectivity index (χ2v) is 7.67. The Morgan fingerprint density at radius 1 is 0.433 bits per heavy atom. The summed E-state index contributed by atoms with van der Waals surface area (Å²) >= 11 is 0. The molecule has 5 rings (SSSR count). The summed E-state index contributed by atoms with van der Waals surface area (Å²) in [5.74, 6) is 0. The van der Waals surface area contributed by atoms with Crippen LogP contribution in [-0.4, -0.2) is 0 Å². The zero-order valence-electron chi connectivity index (χ0n) is 17.0. The SMILES string of the molecule is c1ccc(C2=C(c3ccccc3)C(=C(c3ccccc3)c3ccccc3)CC2)cc1. The number of benzene rings is 4. The van der Waals surface area contributed by atoms with Gasteiger partial charge in [-0.05, 0) is 57.4 Å². The van der Waals surface area contributed by atoms with E-state index in [1.54, 1.807) is 0 Å². The summed E-state index contributed by atoms with van der Waals surface area (Å²) in [5, 5.41) is 0. The molecule has 0 unspecified atom stereocenters. The molecule has 30 heavy (non-hydrogen) atoms. The Hall–Kier alpha value is -3.64. The zero-order chi connectivity index (χ0) is 20.2. The zero-order valence-corrected chi connectivity index (χ0v) is 17.0. The lowest BCUT2D eigenvalue weighted by molar-refractivity contribution is 1.08. The van der Waals surface area contributed by atoms with E-state index < -0.39 is 0 Å². The maximum Gasteiger partial charge on any atom is -0.00729 e. The van der Waals surface area contributed by atoms with Crippen LogP contribution in [-0.2, 0) is 0 Å². The van der Waals surface area contributed by atoms with E-state index in [1.165, 1.54) is 44.5 Å². The fraction of sp³-hybridized carbons (Fsp3) is 0.0667. The summed E-state index contributed by atoms with van der Waals surface area (Å²) in [6, 6.07) is 43.4. The van der Waals surface area contributed by atoms with Crippen molar-refractivity contribution in [3.05, 3.63) is 149 Å². The molecule has 0 spiro atoms. The highest BCUT2D eigenvalue weighted by atomic mass is 14.3. The Balaban J connectivity index is 1.82. The Bertz CT molecular complexity index is 1140. The van der Waals surface area contributed by atoms with Gasteiger partial charge in [-0.2, -0.15) is 0 Å². The van der Waals surface area contributed by atoms with Crippen LogP contribution in [0.1, 0.15) is 35.1 Å². The maximum atomic E-state index is 2.25. The summed E-state index contributed by atoms with van der Waals surface area (Å²) in [4.78, 5) is 0. The van der Waals surface area contributed by atoms with Gasteiger partial charge in [0.1, 0.15) is 0 Å². The molecule has 1 aliphatic rings. The Kier molecular flexibility index (Phi) is 5.14. The molecule has 144 valence electrons. The molecule has 0 saturated carbocycles. The Morgan fingerprint density at radius 3 is 1.37 bits per heavy atom. The molecule has 0 amide bonds. The van der Waals surface area contributed by atoms with Gasteiger partial charge in [0.15, 0.2) is 0 Å². The van der Waals surface area contributed by atoms with Crippen molar-refractivity contribution in [2.45, 2.75) is 12.8 Å². The van der Waals surface area contributed by atoms with E-state index in [4.69, 9.17) is 0 Å². The fourth-order valence-corrected chi connectivity index (χ4v) is 4.54. The third-order valence-electron chi connectivity index (χ3n) is 5.84. The van der Waals surface area contributed by atoms with Gasteiger partial charge in [0.2, 0.25) is 0 Å². The first-order chi connectivity index (χ1) is 14.9. The number of allylic oxidation sites excluding steroid dienone is 3. The minimum Gasteiger partial charge on any atom is -0.0622 e. The van der Waals surface area contributed by atoms with Crippen LogP contribution in [0.2, 0.25) is 0 Å². The van der Waals surface area contributed by atoms with Crippen molar-refractivity contribution in [3.63, 3.8) is 0 Å². The van der Waals surface area contributed by atoms with Crippen molar-refractivity contribution < 1.29 is 0 Å². The van der Waals surface area contributed by atoms with Crippen LogP contribution in [0, 0.1) is 0 Å². The van der Waals surface area contributed by atoms with Crippen LogP contribution in [0.3, 0.4) is 0 Å². The minimum atomic E-state index is 1.05. The van der Waals surface area contributed by atoms with Crippen molar-refractivity contribution in [1.29, 1.82) is 0 Å². The number of rotatable bonds is 4. The lowest BCUT2D eigenvalue weighted by atomic mass is 9.87. The first kappa shape index (κ1) is 18.4. The Labute approximate surface area is 178 Å². The predicted octanol–water partition coefficient (Wildman–Crippen LogP) is 7.89. The van der Waals surface area contributed by atoms with E-state index in [0.29, 0.717) is 0 Å². The molecule has 0 fully saturated rings. The third kappa shape index (κ3) is 3.53. The molecule has 0 N–H and O–H groups in total. The van der Waals surface area contributed by atoms with Crippen LogP contribution in [0.15, 0.2) is 127 Å². The van der Waals surface area contributed by atoms with Crippen molar-refractivity contribution in [2.75, 3.05) is 0 Å². The molecule has 0 atom stereocenters. The van der Waals surface area contributed by atoms with Crippen LogP contribution < -0.4 is 0 Å². The first-order valence-corrected chi connectivity index (χ1v) is 10.6. The van der Waals surface area contributed by atoms with E-state index >= 15 is 0 Å². The van der Waals surface area contributed by atoms with E-state index in [2.05, 4.69) is 121 Å². The van der Waals surface area contributed by atoms with Gasteiger partial charge in [-0.3, -0.25) is 0 Å². The van der Waals surface area contributed by atoms with Crippen molar-refractivity contribution in [2.24, 2.45) is 0 Å². The highest BCUT2D eigenvalue weighted by Crippen LogP contribution is 2.47. The molecule has 0 aromatic heterocycles. The molecule has 4 aromatic carbocycles. The van der Waals surface area contributed by atoms with Crippen LogP contribution in [0.4, 0.5) is 0 Å². The molecule has 0 heterocycles. The highest BCUT2D eigenvalue weighted by molar-refractivity contribution is 6.07. The van der Waals surface area contributed by atoms with Crippen LogP contribution in [0.5, 0.6) is 0 Å². The summed E-state index contributed by atoms with van der Waals surface area (Å²) in [6.07, 6.45) is 2.11. The van der Waals surface area contributed by atoms with Crippen molar-refractivity contribution in [3.8, 4) is 0 Å². The smallest absolute Gasteiger partial charge is 0.00729 e. The topological polar surface area (TPSA) is 0 Å².